The van der Waals surface area contributed by atoms with Gasteiger partial charge in [0.2, 0.25) is 5.91 Å². The molecule has 3 heterocycles. The lowest BCUT2D eigenvalue weighted by Crippen LogP contribution is -2.51. The van der Waals surface area contributed by atoms with E-state index >= 15 is 0 Å². The van der Waals surface area contributed by atoms with Gasteiger partial charge in [-0.15, -0.1) is 0 Å². The van der Waals surface area contributed by atoms with Crippen LogP contribution in [-0.2, 0) is 10.2 Å². The molecule has 4 aromatic carbocycles. The number of anilines is 2. The molecule has 1 N–H and O–H groups in total. The summed E-state index contributed by atoms with van der Waals surface area (Å²) in [6.07, 6.45) is 2.05. The molecule has 1 fully saturated rings. The first-order valence-electron chi connectivity index (χ1n) is 13.8. The number of rotatable bonds is 5. The Morgan fingerprint density at radius 2 is 1.62 bits per heavy atom. The van der Waals surface area contributed by atoms with Gasteiger partial charge in [0.05, 0.1) is 19.1 Å². The van der Waals surface area contributed by atoms with Crippen molar-refractivity contribution in [2.24, 2.45) is 5.92 Å². The van der Waals surface area contributed by atoms with Crippen molar-refractivity contribution in [2.75, 3.05) is 17.3 Å². The van der Waals surface area contributed by atoms with E-state index < -0.39 is 23.4 Å². The molecule has 7 heteroatoms. The number of carbonyl (C=O) groups excluding carboxylic acids is 3. The van der Waals surface area contributed by atoms with Crippen molar-refractivity contribution in [3.8, 4) is 5.75 Å². The monoisotopic (exact) mass is 574 g/mol. The van der Waals surface area contributed by atoms with E-state index in [4.69, 9.17) is 16.3 Å². The highest BCUT2D eigenvalue weighted by Gasteiger charge is 2.70. The molecule has 7 rings (SSSR count). The number of allylic oxidation sites excluding steroid dienone is 1. The lowest BCUT2D eigenvalue weighted by atomic mass is 9.64. The smallest absolute Gasteiger partial charge is 0.238 e. The maximum atomic E-state index is 14.9. The van der Waals surface area contributed by atoms with Crippen molar-refractivity contribution in [3.63, 3.8) is 0 Å². The van der Waals surface area contributed by atoms with Crippen LogP contribution in [0.2, 0.25) is 5.02 Å². The highest BCUT2D eigenvalue weighted by atomic mass is 35.5. The molecule has 3 aliphatic heterocycles. The Morgan fingerprint density at radius 1 is 0.881 bits per heavy atom. The number of Topliss-reactive ketones (excluding diaryl/α,β-unsaturated/α-hetero) is 2. The minimum absolute atomic E-state index is 0.255. The van der Waals surface area contributed by atoms with E-state index in [-0.39, 0.29) is 17.5 Å². The average molecular weight is 575 g/mol. The fraction of sp³-hybridized carbons (Fsp3) is 0.171. The Hall–Kier alpha value is -4.68. The fourth-order valence-electron chi connectivity index (χ4n) is 7.13. The largest absolute Gasteiger partial charge is 0.497 e. The molecule has 0 saturated carbocycles. The van der Waals surface area contributed by atoms with E-state index in [1.807, 2.05) is 66.4 Å². The number of ketones is 2. The summed E-state index contributed by atoms with van der Waals surface area (Å²) in [6, 6.07) is 27.3. The standard InChI is InChI=1S/C35H27ClN2O4/c1-20-18-29-35(26-11-4-5-12-27(26)37-34(35)41)30(32(39)22-8-7-9-24(19-22)42-2)31(33(40)21-14-16-23(36)17-15-21)38(29)28-13-6-3-10-25(20)28/h3-19,29-31H,1-2H3,(H,37,41)/t29-,30+,31+,35-/m1/s1. The van der Waals surface area contributed by atoms with E-state index in [2.05, 4.69) is 5.32 Å². The van der Waals surface area contributed by atoms with Crippen molar-refractivity contribution in [1.29, 1.82) is 0 Å². The number of nitrogens with zero attached hydrogens (tertiary/aromatic N) is 1. The van der Waals surface area contributed by atoms with Crippen molar-refractivity contribution >= 4 is 46.0 Å². The second kappa shape index (κ2) is 9.71. The molecule has 0 radical (unpaired) electrons. The van der Waals surface area contributed by atoms with Gasteiger partial charge in [-0.2, -0.15) is 0 Å². The number of hydrogen-bond donors (Lipinski definition) is 1. The Balaban J connectivity index is 1.55. The van der Waals surface area contributed by atoms with E-state index in [0.29, 0.717) is 33.1 Å². The molecule has 0 unspecified atom stereocenters. The van der Waals surface area contributed by atoms with Gasteiger partial charge in [-0.05, 0) is 66.6 Å². The highest BCUT2D eigenvalue weighted by Crippen LogP contribution is 2.58. The molecule has 208 valence electrons. The van der Waals surface area contributed by atoms with Gasteiger partial charge < -0.3 is 15.0 Å². The number of hydrogen-bond acceptors (Lipinski definition) is 5. The molecular formula is C35H27ClN2O4. The van der Waals surface area contributed by atoms with Crippen molar-refractivity contribution in [1.82, 2.24) is 0 Å². The number of amides is 1. The predicted octanol–water partition coefficient (Wildman–Crippen LogP) is 6.59. The quantitative estimate of drug-likeness (QED) is 0.272. The van der Waals surface area contributed by atoms with Crippen LogP contribution in [0.4, 0.5) is 11.4 Å². The zero-order chi connectivity index (χ0) is 29.2. The second-order valence-corrected chi connectivity index (χ2v) is 11.4. The van der Waals surface area contributed by atoms with Crippen molar-refractivity contribution < 1.29 is 19.1 Å². The minimum Gasteiger partial charge on any atom is -0.497 e. The summed E-state index contributed by atoms with van der Waals surface area (Å²) >= 11 is 6.18. The SMILES string of the molecule is COc1cccc(C(=O)[C@@H]2[C@@H](C(=O)c3ccc(Cl)cc3)N3c4ccccc4C(C)=C[C@@H]3[C@@]23C(=O)Nc2ccccc23)c1. The van der Waals surface area contributed by atoms with Crippen LogP contribution in [-0.4, -0.2) is 36.7 Å². The molecule has 6 nitrogen and oxygen atoms in total. The third-order valence-corrected chi connectivity index (χ3v) is 9.17. The molecular weight excluding hydrogens is 548 g/mol. The first-order valence-corrected chi connectivity index (χ1v) is 14.2. The summed E-state index contributed by atoms with van der Waals surface area (Å²) in [4.78, 5) is 46.1. The molecule has 0 aliphatic carbocycles. The molecule has 1 spiro atoms. The van der Waals surface area contributed by atoms with Gasteiger partial charge in [-0.1, -0.05) is 66.2 Å². The number of para-hydroxylation sites is 2. The van der Waals surface area contributed by atoms with E-state index in [1.165, 1.54) is 0 Å². The number of ether oxygens (including phenoxy) is 1. The topological polar surface area (TPSA) is 75.7 Å². The Bertz CT molecular complexity index is 1810. The van der Waals surface area contributed by atoms with Gasteiger partial charge in [0, 0.05) is 33.1 Å². The van der Waals surface area contributed by atoms with Crippen LogP contribution in [0.25, 0.3) is 5.57 Å². The highest BCUT2D eigenvalue weighted by molar-refractivity contribution is 6.30. The van der Waals surface area contributed by atoms with Crippen LogP contribution in [0, 0.1) is 5.92 Å². The number of nitrogens with one attached hydrogen (secondary N) is 1. The summed E-state index contributed by atoms with van der Waals surface area (Å²) in [7, 11) is 1.54. The van der Waals surface area contributed by atoms with Crippen LogP contribution in [0.15, 0.2) is 103 Å². The molecule has 0 aromatic heterocycles. The molecule has 1 saturated heterocycles. The Kier molecular flexibility index (Phi) is 6.06. The Labute approximate surface area is 248 Å². The van der Waals surface area contributed by atoms with Gasteiger partial charge in [-0.3, -0.25) is 14.4 Å². The number of methoxy groups -OCH3 is 1. The molecule has 4 aromatic rings. The zero-order valence-electron chi connectivity index (χ0n) is 23.0. The van der Waals surface area contributed by atoms with E-state index in [9.17, 15) is 14.4 Å². The first kappa shape index (κ1) is 26.2. The number of fused-ring (bicyclic) bond motifs is 6. The third kappa shape index (κ3) is 3.61. The molecule has 1 amide bonds. The summed E-state index contributed by atoms with van der Waals surface area (Å²) in [5.41, 5.74) is 3.52. The van der Waals surface area contributed by atoms with Crippen molar-refractivity contribution in [3.05, 3.63) is 130 Å². The van der Waals surface area contributed by atoms with Gasteiger partial charge >= 0.3 is 0 Å². The van der Waals surface area contributed by atoms with Crippen LogP contribution in [0.3, 0.4) is 0 Å². The van der Waals surface area contributed by atoms with Crippen LogP contribution >= 0.6 is 11.6 Å². The second-order valence-electron chi connectivity index (χ2n) is 11.0. The van der Waals surface area contributed by atoms with Crippen LogP contribution in [0.1, 0.15) is 38.8 Å². The summed E-state index contributed by atoms with van der Waals surface area (Å²) in [5.74, 6) is -1.39. The zero-order valence-corrected chi connectivity index (χ0v) is 23.8. The number of carbonyl (C=O) groups is 3. The van der Waals surface area contributed by atoms with E-state index in [0.717, 1.165) is 16.8 Å². The summed E-state index contributed by atoms with van der Waals surface area (Å²) in [5, 5.41) is 3.57. The first-order chi connectivity index (χ1) is 20.4. The lowest BCUT2D eigenvalue weighted by molar-refractivity contribution is -0.121. The fourth-order valence-corrected chi connectivity index (χ4v) is 7.25. The van der Waals surface area contributed by atoms with Gasteiger partial charge in [-0.25, -0.2) is 0 Å². The Morgan fingerprint density at radius 3 is 2.40 bits per heavy atom. The van der Waals surface area contributed by atoms with Crippen LogP contribution < -0.4 is 15.0 Å². The minimum atomic E-state index is -1.38. The lowest BCUT2D eigenvalue weighted by Gasteiger charge is -2.39. The molecule has 42 heavy (non-hydrogen) atoms. The van der Waals surface area contributed by atoms with Gasteiger partial charge in [0.1, 0.15) is 17.2 Å². The predicted molar refractivity (Wildman–Crippen MR) is 163 cm³/mol. The van der Waals surface area contributed by atoms with Crippen molar-refractivity contribution in [2.45, 2.75) is 24.4 Å². The average Bonchev–Trinajstić information content (AvgIpc) is 3.49. The third-order valence-electron chi connectivity index (χ3n) is 8.92. The summed E-state index contributed by atoms with van der Waals surface area (Å²) < 4.78 is 5.44. The molecule has 0 bridgehead atoms. The number of halogens is 1. The molecule has 3 aliphatic rings. The van der Waals surface area contributed by atoms with E-state index in [1.54, 1.807) is 55.6 Å². The summed E-state index contributed by atoms with van der Waals surface area (Å²) in [6.45, 7) is 2.01. The van der Waals surface area contributed by atoms with Gasteiger partial charge in [0.25, 0.3) is 0 Å². The maximum absolute atomic E-state index is 14.9. The van der Waals surface area contributed by atoms with Gasteiger partial charge in [0.15, 0.2) is 11.6 Å². The molecule has 4 atom stereocenters. The normalized spacial score (nSPS) is 23.5. The maximum Gasteiger partial charge on any atom is 0.238 e. The van der Waals surface area contributed by atoms with Crippen LogP contribution in [0.5, 0.6) is 5.75 Å². The number of benzene rings is 4.